The molecule has 1 aliphatic carbocycles. The quantitative estimate of drug-likeness (QED) is 0.791. The summed E-state index contributed by atoms with van der Waals surface area (Å²) >= 11 is 0. The van der Waals surface area contributed by atoms with E-state index < -0.39 is 0 Å². The molecule has 110 valence electrons. The van der Waals surface area contributed by atoms with Crippen LogP contribution in [0, 0.1) is 5.92 Å². The highest BCUT2D eigenvalue weighted by atomic mass is 16.1. The highest BCUT2D eigenvalue weighted by Gasteiger charge is 2.18. The molecule has 4 nitrogen and oxygen atoms in total. The van der Waals surface area contributed by atoms with E-state index in [1.54, 1.807) is 0 Å². The average molecular weight is 275 g/mol. The summed E-state index contributed by atoms with van der Waals surface area (Å²) in [5, 5.41) is 6.46. The minimum absolute atomic E-state index is 0.00792. The lowest BCUT2D eigenvalue weighted by atomic mass is 9.91. The van der Waals surface area contributed by atoms with Crippen molar-refractivity contribution in [2.75, 3.05) is 10.6 Å². The Balaban J connectivity index is 1.94. The molecule has 1 aromatic carbocycles. The molecule has 1 saturated carbocycles. The minimum atomic E-state index is -0.00792. The summed E-state index contributed by atoms with van der Waals surface area (Å²) < 4.78 is 0. The van der Waals surface area contributed by atoms with E-state index in [4.69, 9.17) is 5.73 Å². The lowest BCUT2D eigenvalue weighted by molar-refractivity contribution is -0.118. The molecule has 0 unspecified atom stereocenters. The second kappa shape index (κ2) is 6.75. The summed E-state index contributed by atoms with van der Waals surface area (Å²) in [5.74, 6) is 0.0391. The van der Waals surface area contributed by atoms with Gasteiger partial charge in [-0.15, -0.1) is 0 Å². The van der Waals surface area contributed by atoms with E-state index in [1.807, 2.05) is 38.1 Å². The minimum Gasteiger partial charge on any atom is -0.382 e. The van der Waals surface area contributed by atoms with E-state index in [9.17, 15) is 4.79 Å². The summed E-state index contributed by atoms with van der Waals surface area (Å²) in [6.45, 7) is 3.78. The van der Waals surface area contributed by atoms with Crippen LogP contribution in [0.5, 0.6) is 0 Å². The number of hydrogen-bond donors (Lipinski definition) is 3. The molecule has 0 aliphatic heterocycles. The van der Waals surface area contributed by atoms with Crippen LogP contribution in [0.2, 0.25) is 0 Å². The van der Waals surface area contributed by atoms with Gasteiger partial charge >= 0.3 is 0 Å². The zero-order valence-corrected chi connectivity index (χ0v) is 12.4. The largest absolute Gasteiger partial charge is 0.382 e. The molecule has 4 heteroatoms. The number of anilines is 2. The van der Waals surface area contributed by atoms with Crippen LogP contribution < -0.4 is 16.4 Å². The van der Waals surface area contributed by atoms with Gasteiger partial charge < -0.3 is 16.4 Å². The maximum Gasteiger partial charge on any atom is 0.226 e. The molecule has 1 aromatic rings. The van der Waals surface area contributed by atoms with E-state index in [1.165, 1.54) is 0 Å². The van der Waals surface area contributed by atoms with Crippen molar-refractivity contribution in [1.82, 2.24) is 0 Å². The number of benzene rings is 1. The SMILES string of the molecule is CC(C)C(=O)Nc1cccc(NC2CCC(N)CC2)c1. The zero-order chi connectivity index (χ0) is 14.5. The Morgan fingerprint density at radius 2 is 1.85 bits per heavy atom. The van der Waals surface area contributed by atoms with Crippen LogP contribution in [0.3, 0.4) is 0 Å². The van der Waals surface area contributed by atoms with Crippen molar-refractivity contribution < 1.29 is 4.79 Å². The van der Waals surface area contributed by atoms with Gasteiger partial charge in [-0.3, -0.25) is 4.79 Å². The van der Waals surface area contributed by atoms with Crippen molar-refractivity contribution in [3.05, 3.63) is 24.3 Å². The molecular weight excluding hydrogens is 250 g/mol. The number of hydrogen-bond acceptors (Lipinski definition) is 3. The van der Waals surface area contributed by atoms with Gasteiger partial charge in [-0.05, 0) is 43.9 Å². The van der Waals surface area contributed by atoms with E-state index in [2.05, 4.69) is 10.6 Å². The predicted octanol–water partition coefficient (Wildman–Crippen LogP) is 2.96. The Labute approximate surface area is 121 Å². The molecule has 0 aromatic heterocycles. The highest BCUT2D eigenvalue weighted by molar-refractivity contribution is 5.92. The molecule has 1 amide bonds. The molecule has 0 saturated heterocycles. The second-order valence-corrected chi connectivity index (χ2v) is 5.98. The van der Waals surface area contributed by atoms with Crippen molar-refractivity contribution in [1.29, 1.82) is 0 Å². The number of carbonyl (C=O) groups excluding carboxylic acids is 1. The Kier molecular flexibility index (Phi) is 5.01. The van der Waals surface area contributed by atoms with E-state index >= 15 is 0 Å². The van der Waals surface area contributed by atoms with E-state index in [-0.39, 0.29) is 11.8 Å². The first-order chi connectivity index (χ1) is 9.54. The Morgan fingerprint density at radius 3 is 2.50 bits per heavy atom. The number of nitrogens with one attached hydrogen (secondary N) is 2. The fourth-order valence-corrected chi connectivity index (χ4v) is 2.47. The Bertz CT molecular complexity index is 451. The molecule has 4 N–H and O–H groups in total. The van der Waals surface area contributed by atoms with E-state index in [0.29, 0.717) is 12.1 Å². The molecule has 1 fully saturated rings. The fraction of sp³-hybridized carbons (Fsp3) is 0.562. The number of amides is 1. The third-order valence-corrected chi connectivity index (χ3v) is 3.80. The molecule has 2 rings (SSSR count). The summed E-state index contributed by atoms with van der Waals surface area (Å²) in [4.78, 5) is 11.7. The third kappa shape index (κ3) is 4.23. The normalized spacial score (nSPS) is 22.6. The molecule has 20 heavy (non-hydrogen) atoms. The molecule has 0 spiro atoms. The monoisotopic (exact) mass is 275 g/mol. The van der Waals surface area contributed by atoms with Crippen LogP contribution in [-0.2, 0) is 4.79 Å². The summed E-state index contributed by atoms with van der Waals surface area (Å²) in [6, 6.07) is 8.78. The van der Waals surface area contributed by atoms with Crippen LogP contribution in [0.15, 0.2) is 24.3 Å². The maximum atomic E-state index is 11.7. The molecule has 0 atom stereocenters. The first-order valence-corrected chi connectivity index (χ1v) is 7.47. The van der Waals surface area contributed by atoms with Crippen LogP contribution >= 0.6 is 0 Å². The summed E-state index contributed by atoms with van der Waals surface area (Å²) in [6.07, 6.45) is 4.40. The van der Waals surface area contributed by atoms with Crippen molar-refractivity contribution in [2.45, 2.75) is 51.6 Å². The standard InChI is InChI=1S/C16H25N3O/c1-11(2)16(20)19-15-5-3-4-14(10-15)18-13-8-6-12(17)7-9-13/h3-5,10-13,18H,6-9,17H2,1-2H3,(H,19,20). The lowest BCUT2D eigenvalue weighted by Gasteiger charge is -2.27. The maximum absolute atomic E-state index is 11.7. The number of nitrogens with two attached hydrogens (primary N) is 1. The van der Waals surface area contributed by atoms with Crippen molar-refractivity contribution in [2.24, 2.45) is 11.7 Å². The van der Waals surface area contributed by atoms with Crippen LogP contribution in [0.1, 0.15) is 39.5 Å². The summed E-state index contributed by atoms with van der Waals surface area (Å²) in [5.41, 5.74) is 7.83. The van der Waals surface area contributed by atoms with Gasteiger partial charge in [-0.25, -0.2) is 0 Å². The van der Waals surface area contributed by atoms with Gasteiger partial charge in [0.05, 0.1) is 0 Å². The first kappa shape index (κ1) is 14.9. The van der Waals surface area contributed by atoms with Crippen LogP contribution in [-0.4, -0.2) is 18.0 Å². The van der Waals surface area contributed by atoms with Gasteiger partial charge in [0.2, 0.25) is 5.91 Å². The molecular formula is C16H25N3O. The number of carbonyl (C=O) groups is 1. The molecule has 1 aliphatic rings. The topological polar surface area (TPSA) is 67.2 Å². The van der Waals surface area contributed by atoms with Gasteiger partial charge in [0.1, 0.15) is 0 Å². The van der Waals surface area contributed by atoms with Gasteiger partial charge in [0.25, 0.3) is 0 Å². The van der Waals surface area contributed by atoms with Crippen molar-refractivity contribution in [3.63, 3.8) is 0 Å². The highest BCUT2D eigenvalue weighted by Crippen LogP contribution is 2.23. The Morgan fingerprint density at radius 1 is 1.20 bits per heavy atom. The Hall–Kier alpha value is -1.55. The number of rotatable bonds is 4. The zero-order valence-electron chi connectivity index (χ0n) is 12.4. The fourth-order valence-electron chi connectivity index (χ4n) is 2.47. The summed E-state index contributed by atoms with van der Waals surface area (Å²) in [7, 11) is 0. The average Bonchev–Trinajstić information content (AvgIpc) is 2.42. The van der Waals surface area contributed by atoms with Gasteiger partial charge in [-0.2, -0.15) is 0 Å². The van der Waals surface area contributed by atoms with Gasteiger partial charge in [0.15, 0.2) is 0 Å². The second-order valence-electron chi connectivity index (χ2n) is 5.98. The lowest BCUT2D eigenvalue weighted by Crippen LogP contribution is -2.32. The first-order valence-electron chi connectivity index (χ1n) is 7.47. The van der Waals surface area contributed by atoms with Crippen molar-refractivity contribution >= 4 is 17.3 Å². The van der Waals surface area contributed by atoms with Crippen LogP contribution in [0.25, 0.3) is 0 Å². The predicted molar refractivity (Wildman–Crippen MR) is 83.8 cm³/mol. The van der Waals surface area contributed by atoms with E-state index in [0.717, 1.165) is 37.1 Å². The molecule has 0 radical (unpaired) electrons. The van der Waals surface area contributed by atoms with Crippen LogP contribution in [0.4, 0.5) is 11.4 Å². The van der Waals surface area contributed by atoms with Gasteiger partial charge in [-0.1, -0.05) is 19.9 Å². The smallest absolute Gasteiger partial charge is 0.226 e. The molecule has 0 heterocycles. The van der Waals surface area contributed by atoms with Crippen molar-refractivity contribution in [3.8, 4) is 0 Å². The third-order valence-electron chi connectivity index (χ3n) is 3.80. The molecule has 0 bridgehead atoms. The van der Waals surface area contributed by atoms with Gasteiger partial charge in [0, 0.05) is 29.4 Å².